The first-order chi connectivity index (χ1) is 11.0. The van der Waals surface area contributed by atoms with E-state index in [1.165, 1.54) is 25.7 Å². The summed E-state index contributed by atoms with van der Waals surface area (Å²) in [6, 6.07) is 0. The zero-order chi connectivity index (χ0) is 17.9. The number of halogens is 2. The van der Waals surface area contributed by atoms with Crippen LogP contribution in [0.2, 0.25) is 0 Å². The van der Waals surface area contributed by atoms with Gasteiger partial charge in [0.2, 0.25) is 0 Å². The van der Waals surface area contributed by atoms with Gasteiger partial charge in [0.1, 0.15) is 0 Å². The molecule has 1 saturated carbocycles. The number of alkyl halides is 2. The zero-order valence-electron chi connectivity index (χ0n) is 15.8. The number of hydrogen-bond acceptors (Lipinski definition) is 2. The first kappa shape index (κ1) is 19.5. The van der Waals surface area contributed by atoms with Crippen molar-refractivity contribution < 1.29 is 9.84 Å². The van der Waals surface area contributed by atoms with Crippen LogP contribution >= 0.6 is 27.5 Å². The second-order valence-electron chi connectivity index (χ2n) is 9.76. The van der Waals surface area contributed by atoms with Crippen molar-refractivity contribution in [1.82, 2.24) is 0 Å². The lowest BCUT2D eigenvalue weighted by atomic mass is 9.61. The summed E-state index contributed by atoms with van der Waals surface area (Å²) < 4.78 is 6.36. The molecular formula is C20H34BrClO2. The fraction of sp³-hybridized carbons (Fsp3) is 1.00. The first-order valence-electron chi connectivity index (χ1n) is 9.68. The molecule has 1 unspecified atom stereocenters. The van der Waals surface area contributed by atoms with Crippen LogP contribution in [0.3, 0.4) is 0 Å². The maximum atomic E-state index is 10.7. The molecule has 2 heterocycles. The fourth-order valence-electron chi connectivity index (χ4n) is 5.92. The Bertz CT molecular complexity index is 476. The monoisotopic (exact) mass is 420 g/mol. The average molecular weight is 422 g/mol. The standard InChI is InChI=1S/C20H34BrClO2/c1-12(13-8-10-19(4,22)17(21)16(13)23)6-7-14-18(2,3)15-9-11-20(14,5)24-15/h12-17,23H,6-11H2,1-5H3/t12-,13+,14-,15?,16+,17-,19-,20+/m0/s1. The molecule has 0 aromatic rings. The zero-order valence-corrected chi connectivity index (χ0v) is 18.2. The predicted molar refractivity (Wildman–Crippen MR) is 104 cm³/mol. The van der Waals surface area contributed by atoms with Crippen molar-refractivity contribution in [2.75, 3.05) is 0 Å². The van der Waals surface area contributed by atoms with Crippen molar-refractivity contribution in [3.8, 4) is 0 Å². The minimum Gasteiger partial charge on any atom is -0.392 e. The van der Waals surface area contributed by atoms with Crippen LogP contribution in [0.15, 0.2) is 0 Å². The molecule has 0 aromatic heterocycles. The quantitative estimate of drug-likeness (QED) is 0.605. The molecule has 2 saturated heterocycles. The highest BCUT2D eigenvalue weighted by molar-refractivity contribution is 9.09. The van der Waals surface area contributed by atoms with E-state index < -0.39 is 0 Å². The molecule has 0 spiro atoms. The maximum absolute atomic E-state index is 10.7. The molecule has 3 rings (SSSR count). The van der Waals surface area contributed by atoms with Crippen molar-refractivity contribution in [1.29, 1.82) is 0 Å². The molecule has 0 aromatic carbocycles. The summed E-state index contributed by atoms with van der Waals surface area (Å²) in [7, 11) is 0. The number of ether oxygens (including phenoxy) is 1. The van der Waals surface area contributed by atoms with Crippen LogP contribution in [0.5, 0.6) is 0 Å². The first-order valence-corrected chi connectivity index (χ1v) is 11.0. The highest BCUT2D eigenvalue weighted by atomic mass is 79.9. The average Bonchev–Trinajstić information content (AvgIpc) is 2.95. The molecule has 4 heteroatoms. The van der Waals surface area contributed by atoms with E-state index in [-0.39, 0.29) is 26.8 Å². The van der Waals surface area contributed by atoms with Gasteiger partial charge in [0.15, 0.2) is 0 Å². The summed E-state index contributed by atoms with van der Waals surface area (Å²) in [5.41, 5.74) is 0.357. The van der Waals surface area contributed by atoms with Crippen LogP contribution in [-0.2, 0) is 4.74 Å². The summed E-state index contributed by atoms with van der Waals surface area (Å²) in [5.74, 6) is 1.49. The number of fused-ring (bicyclic) bond motifs is 2. The SMILES string of the molecule is C[C@@H](CC[C@H]1C(C)(C)C2CC[C@@]1(C)O2)[C@H]1CC[C@](C)(Cl)[C@@H](Br)[C@@H]1O. The van der Waals surface area contributed by atoms with Gasteiger partial charge < -0.3 is 9.84 Å². The number of aliphatic hydroxyl groups excluding tert-OH is 1. The summed E-state index contributed by atoms with van der Waals surface area (Å²) >= 11 is 10.2. The van der Waals surface area contributed by atoms with Crippen LogP contribution in [0.1, 0.15) is 73.1 Å². The normalized spacial score (nSPS) is 51.8. The Balaban J connectivity index is 1.61. The van der Waals surface area contributed by atoms with Crippen LogP contribution in [0.4, 0.5) is 0 Å². The van der Waals surface area contributed by atoms with Crippen molar-refractivity contribution in [2.24, 2.45) is 23.2 Å². The lowest BCUT2D eigenvalue weighted by molar-refractivity contribution is 0.000254. The van der Waals surface area contributed by atoms with E-state index in [0.29, 0.717) is 23.9 Å². The topological polar surface area (TPSA) is 29.5 Å². The third-order valence-corrected chi connectivity index (χ3v) is 9.94. The van der Waals surface area contributed by atoms with Crippen LogP contribution < -0.4 is 0 Å². The highest BCUT2D eigenvalue weighted by Crippen LogP contribution is 2.59. The number of aliphatic hydroxyl groups is 1. The van der Waals surface area contributed by atoms with Gasteiger partial charge in [-0.15, -0.1) is 11.6 Å². The minimum absolute atomic E-state index is 0.0207. The molecule has 1 aliphatic carbocycles. The van der Waals surface area contributed by atoms with Gasteiger partial charge in [0, 0.05) is 0 Å². The lowest BCUT2D eigenvalue weighted by Gasteiger charge is -2.44. The van der Waals surface area contributed by atoms with Gasteiger partial charge in [0.05, 0.1) is 27.5 Å². The van der Waals surface area contributed by atoms with Gasteiger partial charge in [0.25, 0.3) is 0 Å². The molecule has 2 aliphatic heterocycles. The molecular weight excluding hydrogens is 388 g/mol. The Morgan fingerprint density at radius 1 is 1.21 bits per heavy atom. The van der Waals surface area contributed by atoms with E-state index in [9.17, 15) is 5.11 Å². The molecule has 2 bridgehead atoms. The van der Waals surface area contributed by atoms with E-state index >= 15 is 0 Å². The Morgan fingerprint density at radius 2 is 1.88 bits per heavy atom. The van der Waals surface area contributed by atoms with Gasteiger partial charge in [-0.3, -0.25) is 0 Å². The van der Waals surface area contributed by atoms with Gasteiger partial charge in [-0.1, -0.05) is 36.7 Å². The summed E-state index contributed by atoms with van der Waals surface area (Å²) in [6.07, 6.45) is 6.87. The number of rotatable bonds is 4. The smallest absolute Gasteiger partial charge is 0.0712 e. The summed E-state index contributed by atoms with van der Waals surface area (Å²) in [6.45, 7) is 11.4. The van der Waals surface area contributed by atoms with E-state index in [4.69, 9.17) is 16.3 Å². The van der Waals surface area contributed by atoms with E-state index in [1.807, 2.05) is 6.92 Å². The molecule has 2 nitrogen and oxygen atoms in total. The number of hydrogen-bond donors (Lipinski definition) is 1. The Morgan fingerprint density at radius 3 is 2.46 bits per heavy atom. The summed E-state index contributed by atoms with van der Waals surface area (Å²) in [5, 5.41) is 10.7. The van der Waals surface area contributed by atoms with E-state index in [1.54, 1.807) is 0 Å². The Labute approximate surface area is 161 Å². The molecule has 0 amide bonds. The van der Waals surface area contributed by atoms with E-state index in [0.717, 1.165) is 12.8 Å². The second-order valence-corrected chi connectivity index (χ2v) is 11.6. The largest absolute Gasteiger partial charge is 0.392 e. The van der Waals surface area contributed by atoms with Crippen LogP contribution in [-0.4, -0.2) is 32.6 Å². The van der Waals surface area contributed by atoms with Crippen molar-refractivity contribution in [3.05, 3.63) is 0 Å². The molecule has 0 radical (unpaired) electrons. The maximum Gasteiger partial charge on any atom is 0.0712 e. The van der Waals surface area contributed by atoms with Crippen molar-refractivity contribution >= 4 is 27.5 Å². The third kappa shape index (κ3) is 3.10. The molecule has 8 atom stereocenters. The molecule has 24 heavy (non-hydrogen) atoms. The van der Waals surface area contributed by atoms with Gasteiger partial charge in [-0.25, -0.2) is 0 Å². The van der Waals surface area contributed by atoms with Gasteiger partial charge in [-0.05, 0) is 75.5 Å². The Hall–Kier alpha value is 0.690. The Kier molecular flexibility index (Phi) is 5.18. The fourth-order valence-corrected chi connectivity index (χ4v) is 6.78. The third-order valence-electron chi connectivity index (χ3n) is 7.70. The second kappa shape index (κ2) is 6.39. The van der Waals surface area contributed by atoms with E-state index in [2.05, 4.69) is 43.6 Å². The van der Waals surface area contributed by atoms with Crippen LogP contribution in [0.25, 0.3) is 0 Å². The summed E-state index contributed by atoms with van der Waals surface area (Å²) in [4.78, 5) is -0.351. The molecule has 3 aliphatic rings. The predicted octanol–water partition coefficient (Wildman–Crippen LogP) is 5.53. The molecule has 3 fully saturated rings. The molecule has 1 N–H and O–H groups in total. The molecule has 140 valence electrons. The van der Waals surface area contributed by atoms with Gasteiger partial charge >= 0.3 is 0 Å². The minimum atomic E-state index is -0.351. The van der Waals surface area contributed by atoms with Crippen molar-refractivity contribution in [3.63, 3.8) is 0 Å². The van der Waals surface area contributed by atoms with Gasteiger partial charge in [-0.2, -0.15) is 0 Å². The van der Waals surface area contributed by atoms with Crippen molar-refractivity contribution in [2.45, 2.75) is 101 Å². The lowest BCUT2D eigenvalue weighted by Crippen LogP contribution is -2.49. The van der Waals surface area contributed by atoms with Crippen LogP contribution in [0, 0.1) is 23.2 Å². The highest BCUT2D eigenvalue weighted by Gasteiger charge is 2.60.